The number of benzene rings is 2. The lowest BCUT2D eigenvalue weighted by atomic mass is 9.83. The second-order valence-corrected chi connectivity index (χ2v) is 8.31. The Hall–Kier alpha value is -3.41. The van der Waals surface area contributed by atoms with Gasteiger partial charge in [0.25, 0.3) is 5.91 Å². The number of allylic oxidation sites excluding steroid dienone is 1. The normalized spacial score (nSPS) is 18.5. The molecule has 6 nitrogen and oxygen atoms in total. The van der Waals surface area contributed by atoms with Crippen molar-refractivity contribution in [3.8, 4) is 0 Å². The molecule has 2 aromatic carbocycles. The molecule has 1 aliphatic heterocycles. The molecule has 0 spiro atoms. The van der Waals surface area contributed by atoms with Crippen molar-refractivity contribution in [3.05, 3.63) is 82.6 Å². The Labute approximate surface area is 188 Å². The fraction of sp³-hybridized carbons (Fsp3) is 0.346. The molecule has 0 aromatic heterocycles. The zero-order valence-electron chi connectivity index (χ0n) is 18.5. The molecule has 1 atom stereocenters. The molecule has 1 N–H and O–H groups in total. The first-order chi connectivity index (χ1) is 15.5. The van der Waals surface area contributed by atoms with Crippen LogP contribution in [-0.2, 0) is 20.9 Å². The van der Waals surface area contributed by atoms with Crippen molar-refractivity contribution in [2.24, 2.45) is 0 Å². The molecule has 0 radical (unpaired) electrons. The second kappa shape index (κ2) is 9.39. The van der Waals surface area contributed by atoms with E-state index in [1.54, 1.807) is 30.9 Å². The van der Waals surface area contributed by atoms with Crippen molar-refractivity contribution >= 4 is 17.8 Å². The fourth-order valence-electron chi connectivity index (χ4n) is 4.09. The third-order valence-electron chi connectivity index (χ3n) is 5.99. The molecular weight excluding hydrogens is 404 g/mol. The Morgan fingerprint density at radius 1 is 1.06 bits per heavy atom. The maximum Gasteiger partial charge on any atom is 0.336 e. The summed E-state index contributed by atoms with van der Waals surface area (Å²) in [6, 6.07) is 17.2. The summed E-state index contributed by atoms with van der Waals surface area (Å²) >= 11 is 0. The van der Waals surface area contributed by atoms with Crippen LogP contribution in [0.3, 0.4) is 0 Å². The number of carbonyl (C=O) groups excluding carboxylic acids is 3. The average Bonchev–Trinajstić information content (AvgIpc) is 3.61. The number of rotatable bonds is 7. The fourth-order valence-corrected chi connectivity index (χ4v) is 4.09. The molecule has 1 fully saturated rings. The van der Waals surface area contributed by atoms with Crippen LogP contribution in [0.2, 0.25) is 0 Å². The molecule has 166 valence electrons. The van der Waals surface area contributed by atoms with Crippen LogP contribution in [0.5, 0.6) is 0 Å². The summed E-state index contributed by atoms with van der Waals surface area (Å²) in [5, 5.41) is 2.97. The topological polar surface area (TPSA) is 75.7 Å². The first kappa shape index (κ1) is 21.8. The van der Waals surface area contributed by atoms with Gasteiger partial charge in [0.05, 0.1) is 18.7 Å². The number of hydrogen-bond acceptors (Lipinski definition) is 4. The van der Waals surface area contributed by atoms with Gasteiger partial charge < -0.3 is 15.0 Å². The summed E-state index contributed by atoms with van der Waals surface area (Å²) in [5.41, 5.74) is 3.56. The monoisotopic (exact) mass is 432 g/mol. The third kappa shape index (κ3) is 4.74. The highest BCUT2D eigenvalue weighted by atomic mass is 16.5. The van der Waals surface area contributed by atoms with Gasteiger partial charge >= 0.3 is 5.97 Å². The van der Waals surface area contributed by atoms with Crippen LogP contribution >= 0.6 is 0 Å². The van der Waals surface area contributed by atoms with Crippen molar-refractivity contribution in [1.82, 2.24) is 10.2 Å². The summed E-state index contributed by atoms with van der Waals surface area (Å²) in [7, 11) is 0. The number of amides is 2. The Morgan fingerprint density at radius 2 is 1.75 bits per heavy atom. The lowest BCUT2D eigenvalue weighted by Crippen LogP contribution is -2.38. The van der Waals surface area contributed by atoms with E-state index in [0.29, 0.717) is 29.4 Å². The molecule has 2 aromatic rings. The zero-order chi connectivity index (χ0) is 22.7. The van der Waals surface area contributed by atoms with E-state index in [-0.39, 0.29) is 36.7 Å². The minimum atomic E-state index is -0.386. The van der Waals surface area contributed by atoms with E-state index in [9.17, 15) is 14.4 Å². The Morgan fingerprint density at radius 3 is 2.38 bits per heavy atom. The van der Waals surface area contributed by atoms with Crippen LogP contribution in [0.25, 0.3) is 0 Å². The lowest BCUT2D eigenvalue weighted by molar-refractivity contribution is -0.140. The smallest absolute Gasteiger partial charge is 0.336 e. The Kier molecular flexibility index (Phi) is 6.40. The summed E-state index contributed by atoms with van der Waals surface area (Å²) < 4.78 is 5.34. The predicted molar refractivity (Wildman–Crippen MR) is 121 cm³/mol. The molecule has 0 saturated heterocycles. The number of ether oxygens (including phenoxy) is 1. The van der Waals surface area contributed by atoms with Crippen LogP contribution in [0.1, 0.15) is 60.5 Å². The summed E-state index contributed by atoms with van der Waals surface area (Å²) in [6.45, 7) is 4.18. The van der Waals surface area contributed by atoms with Crippen molar-refractivity contribution in [2.45, 2.75) is 51.6 Å². The van der Waals surface area contributed by atoms with Gasteiger partial charge in [0, 0.05) is 29.6 Å². The van der Waals surface area contributed by atoms with Crippen molar-refractivity contribution in [3.63, 3.8) is 0 Å². The minimum Gasteiger partial charge on any atom is -0.463 e. The summed E-state index contributed by atoms with van der Waals surface area (Å²) in [5.74, 6) is -0.824. The number of nitrogens with zero attached hydrogens (tertiary/aromatic N) is 1. The maximum absolute atomic E-state index is 13.1. The minimum absolute atomic E-state index is 0.0417. The lowest BCUT2D eigenvalue weighted by Gasteiger charge is -2.34. The van der Waals surface area contributed by atoms with Gasteiger partial charge in [-0.3, -0.25) is 9.59 Å². The summed E-state index contributed by atoms with van der Waals surface area (Å²) in [4.78, 5) is 39.8. The molecule has 1 unspecified atom stereocenters. The second-order valence-electron chi connectivity index (χ2n) is 8.31. The standard InChI is InChI=1S/C26H28N2O4/c1-3-32-26(31)24-17(2)28(23(29)15-22(24)19-7-5-4-6-8-19)16-18-9-11-20(12-10-18)25(30)27-21-13-14-21/h4-12,21-22H,3,13-16H2,1-2H3,(H,27,30). The highest BCUT2D eigenvalue weighted by molar-refractivity contribution is 5.96. The molecule has 0 bridgehead atoms. The van der Waals surface area contributed by atoms with Gasteiger partial charge in [0.1, 0.15) is 0 Å². The van der Waals surface area contributed by atoms with Crippen LogP contribution in [-0.4, -0.2) is 35.3 Å². The predicted octanol–water partition coefficient (Wildman–Crippen LogP) is 3.93. The van der Waals surface area contributed by atoms with E-state index in [4.69, 9.17) is 4.74 Å². The molecule has 1 saturated carbocycles. The molecule has 2 aliphatic rings. The maximum atomic E-state index is 13.1. The van der Waals surface area contributed by atoms with Gasteiger partial charge in [0.2, 0.25) is 5.91 Å². The molecule has 2 amide bonds. The Bertz CT molecular complexity index is 1040. The van der Waals surface area contributed by atoms with Crippen LogP contribution in [0.15, 0.2) is 65.9 Å². The molecule has 1 heterocycles. The van der Waals surface area contributed by atoms with E-state index < -0.39 is 0 Å². The van der Waals surface area contributed by atoms with E-state index in [0.717, 1.165) is 24.0 Å². The highest BCUT2D eigenvalue weighted by Crippen LogP contribution is 2.37. The van der Waals surface area contributed by atoms with E-state index in [1.807, 2.05) is 42.5 Å². The van der Waals surface area contributed by atoms with Gasteiger partial charge in [-0.05, 0) is 49.9 Å². The van der Waals surface area contributed by atoms with E-state index >= 15 is 0 Å². The van der Waals surface area contributed by atoms with Crippen LogP contribution in [0, 0.1) is 0 Å². The molecule has 1 aliphatic carbocycles. The van der Waals surface area contributed by atoms with Crippen molar-refractivity contribution < 1.29 is 19.1 Å². The van der Waals surface area contributed by atoms with E-state index in [2.05, 4.69) is 5.32 Å². The number of carbonyl (C=O) groups is 3. The Balaban J connectivity index is 1.58. The zero-order valence-corrected chi connectivity index (χ0v) is 18.5. The molecule has 6 heteroatoms. The van der Waals surface area contributed by atoms with Gasteiger partial charge in [-0.25, -0.2) is 4.79 Å². The first-order valence-electron chi connectivity index (χ1n) is 11.1. The molecular formula is C26H28N2O4. The van der Waals surface area contributed by atoms with Crippen molar-refractivity contribution in [2.75, 3.05) is 6.61 Å². The number of esters is 1. The van der Waals surface area contributed by atoms with Crippen LogP contribution < -0.4 is 5.32 Å². The van der Waals surface area contributed by atoms with Gasteiger partial charge in [0.15, 0.2) is 0 Å². The van der Waals surface area contributed by atoms with Gasteiger partial charge in [-0.1, -0.05) is 42.5 Å². The third-order valence-corrected chi connectivity index (χ3v) is 5.99. The van der Waals surface area contributed by atoms with Gasteiger partial charge in [-0.15, -0.1) is 0 Å². The van der Waals surface area contributed by atoms with Gasteiger partial charge in [-0.2, -0.15) is 0 Å². The average molecular weight is 433 g/mol. The quantitative estimate of drug-likeness (QED) is 0.673. The molecule has 32 heavy (non-hydrogen) atoms. The SMILES string of the molecule is CCOC(=O)C1=C(C)N(Cc2ccc(C(=O)NC3CC3)cc2)C(=O)CC1c1ccccc1. The first-order valence-corrected chi connectivity index (χ1v) is 11.1. The largest absolute Gasteiger partial charge is 0.463 e. The van der Waals surface area contributed by atoms with Crippen LogP contribution in [0.4, 0.5) is 0 Å². The molecule has 4 rings (SSSR count). The summed E-state index contributed by atoms with van der Waals surface area (Å²) in [6.07, 6.45) is 2.29. The number of nitrogens with one attached hydrogen (secondary N) is 1. The number of hydrogen-bond donors (Lipinski definition) is 1. The van der Waals surface area contributed by atoms with Crippen molar-refractivity contribution in [1.29, 1.82) is 0 Å². The highest BCUT2D eigenvalue weighted by Gasteiger charge is 2.36. The van der Waals surface area contributed by atoms with E-state index in [1.165, 1.54) is 0 Å².